The molecule has 2 heterocycles. The molecule has 6 nitrogen and oxygen atoms in total. The molecule has 0 saturated carbocycles. The molecular weight excluding hydrogens is 318 g/mol. The maximum Gasteiger partial charge on any atom is 0.246 e. The molecule has 2 aromatic heterocycles. The first-order valence-electron chi connectivity index (χ1n) is 8.18. The largest absolute Gasteiger partial charge is 0.459 e. The number of hydrogen-bond donors (Lipinski definition) is 2. The Morgan fingerprint density at radius 2 is 2.16 bits per heavy atom. The summed E-state index contributed by atoms with van der Waals surface area (Å²) in [6, 6.07) is 13.0. The lowest BCUT2D eigenvalue weighted by molar-refractivity contribution is -0.126. The summed E-state index contributed by atoms with van der Waals surface area (Å²) in [6.45, 7) is 1.17. The van der Waals surface area contributed by atoms with Gasteiger partial charge in [-0.15, -0.1) is 0 Å². The molecule has 0 fully saturated rings. The predicted octanol–water partition coefficient (Wildman–Crippen LogP) is 2.27. The summed E-state index contributed by atoms with van der Waals surface area (Å²) in [5, 5.41) is 6.93. The van der Waals surface area contributed by atoms with Crippen molar-refractivity contribution in [1.29, 1.82) is 0 Å². The summed E-state index contributed by atoms with van der Waals surface area (Å²) < 4.78 is 11.3. The fraction of sp³-hybridized carbons (Fsp3) is 0.263. The highest BCUT2D eigenvalue weighted by atomic mass is 16.5. The Kier molecular flexibility index (Phi) is 5.77. The van der Waals surface area contributed by atoms with Gasteiger partial charge in [0.25, 0.3) is 0 Å². The molecule has 25 heavy (non-hydrogen) atoms. The van der Waals surface area contributed by atoms with Crippen LogP contribution in [-0.2, 0) is 9.53 Å². The van der Waals surface area contributed by atoms with E-state index in [9.17, 15) is 4.79 Å². The number of fused-ring (bicyclic) bond motifs is 1. The molecule has 6 heteroatoms. The number of hydrogen-bond acceptors (Lipinski definition) is 5. The number of nitrogens with zero attached hydrogens (tertiary/aromatic N) is 1. The number of carbonyl (C=O) groups is 1. The molecule has 0 aliphatic carbocycles. The van der Waals surface area contributed by atoms with Gasteiger partial charge >= 0.3 is 0 Å². The fourth-order valence-corrected chi connectivity index (χ4v) is 2.55. The second-order valence-electron chi connectivity index (χ2n) is 5.63. The van der Waals surface area contributed by atoms with Crippen molar-refractivity contribution in [3.8, 4) is 0 Å². The van der Waals surface area contributed by atoms with E-state index < -0.39 is 6.04 Å². The van der Waals surface area contributed by atoms with Crippen molar-refractivity contribution in [2.24, 2.45) is 0 Å². The van der Waals surface area contributed by atoms with Crippen LogP contribution in [0, 0.1) is 0 Å². The van der Waals surface area contributed by atoms with Crippen LogP contribution in [0.25, 0.3) is 11.0 Å². The van der Waals surface area contributed by atoms with E-state index in [4.69, 9.17) is 9.15 Å². The number of benzene rings is 1. The molecule has 130 valence electrons. The molecule has 1 atom stereocenters. The summed E-state index contributed by atoms with van der Waals surface area (Å²) in [7, 11) is 1.84. The van der Waals surface area contributed by atoms with Gasteiger partial charge in [-0.2, -0.15) is 0 Å². The van der Waals surface area contributed by atoms with Crippen molar-refractivity contribution in [1.82, 2.24) is 15.6 Å². The second kappa shape index (κ2) is 8.41. The van der Waals surface area contributed by atoms with E-state index in [2.05, 4.69) is 15.6 Å². The summed E-state index contributed by atoms with van der Waals surface area (Å²) in [5.41, 5.74) is 1.64. The Morgan fingerprint density at radius 1 is 1.28 bits per heavy atom. The van der Waals surface area contributed by atoms with Gasteiger partial charge in [0.05, 0.1) is 6.61 Å². The van der Waals surface area contributed by atoms with E-state index >= 15 is 0 Å². The standard InChI is InChI=1S/C19H21N3O3/c1-20-9-10-24-13-18(23)22-19(15-6-4-8-21-12-15)17-11-14-5-2-3-7-16(14)25-17/h2-8,11-12,19-20H,9-10,13H2,1H3,(H,22,23). The maximum absolute atomic E-state index is 12.3. The number of amides is 1. The minimum atomic E-state index is -0.415. The predicted molar refractivity (Wildman–Crippen MR) is 95.2 cm³/mol. The molecule has 0 spiro atoms. The second-order valence-corrected chi connectivity index (χ2v) is 5.63. The van der Waals surface area contributed by atoms with Crippen molar-refractivity contribution in [2.75, 3.05) is 26.8 Å². The Labute approximate surface area is 146 Å². The Morgan fingerprint density at radius 3 is 2.92 bits per heavy atom. The number of para-hydroxylation sites is 1. The third-order valence-corrected chi connectivity index (χ3v) is 3.78. The van der Waals surface area contributed by atoms with Crippen molar-refractivity contribution in [2.45, 2.75) is 6.04 Å². The Hall–Kier alpha value is -2.70. The number of aromatic nitrogens is 1. The minimum absolute atomic E-state index is 0.00132. The van der Waals surface area contributed by atoms with Crippen molar-refractivity contribution in [3.63, 3.8) is 0 Å². The van der Waals surface area contributed by atoms with E-state index in [1.54, 1.807) is 12.4 Å². The van der Waals surface area contributed by atoms with E-state index in [1.807, 2.05) is 49.5 Å². The van der Waals surface area contributed by atoms with Gasteiger partial charge in [0, 0.05) is 29.9 Å². The highest BCUT2D eigenvalue weighted by molar-refractivity contribution is 5.80. The quantitative estimate of drug-likeness (QED) is 0.616. The molecule has 3 aromatic rings. The number of pyridine rings is 1. The maximum atomic E-state index is 12.3. The first-order chi connectivity index (χ1) is 12.3. The number of carbonyl (C=O) groups excluding carboxylic acids is 1. The zero-order valence-corrected chi connectivity index (χ0v) is 14.1. The molecule has 1 aromatic carbocycles. The Balaban J connectivity index is 1.79. The van der Waals surface area contributed by atoms with Crippen molar-refractivity contribution in [3.05, 3.63) is 66.2 Å². The lowest BCUT2D eigenvalue weighted by Crippen LogP contribution is -2.33. The van der Waals surface area contributed by atoms with Crippen LogP contribution in [0.1, 0.15) is 17.4 Å². The zero-order valence-electron chi connectivity index (χ0n) is 14.1. The molecule has 0 radical (unpaired) electrons. The monoisotopic (exact) mass is 339 g/mol. The molecule has 0 bridgehead atoms. The van der Waals surface area contributed by atoms with Crippen LogP contribution in [0.2, 0.25) is 0 Å². The summed E-state index contributed by atoms with van der Waals surface area (Å²) in [4.78, 5) is 16.4. The third kappa shape index (κ3) is 4.43. The first-order valence-corrected chi connectivity index (χ1v) is 8.18. The van der Waals surface area contributed by atoms with Gasteiger partial charge < -0.3 is 19.8 Å². The van der Waals surface area contributed by atoms with Gasteiger partial charge in [0.1, 0.15) is 24.0 Å². The van der Waals surface area contributed by atoms with Crippen LogP contribution in [0.4, 0.5) is 0 Å². The van der Waals surface area contributed by atoms with Crippen LogP contribution in [0.5, 0.6) is 0 Å². The topological polar surface area (TPSA) is 76.4 Å². The molecule has 1 amide bonds. The molecule has 0 aliphatic rings. The summed E-state index contributed by atoms with van der Waals surface area (Å²) in [5.74, 6) is 0.461. The molecule has 2 N–H and O–H groups in total. The van der Waals surface area contributed by atoms with Crippen LogP contribution >= 0.6 is 0 Å². The third-order valence-electron chi connectivity index (χ3n) is 3.78. The van der Waals surface area contributed by atoms with Gasteiger partial charge in [-0.25, -0.2) is 0 Å². The SMILES string of the molecule is CNCCOCC(=O)NC(c1cccnc1)c1cc2ccccc2o1. The van der Waals surface area contributed by atoms with Crippen LogP contribution in [0.3, 0.4) is 0 Å². The number of furan rings is 1. The molecule has 0 aliphatic heterocycles. The lowest BCUT2D eigenvalue weighted by atomic mass is 10.1. The number of ether oxygens (including phenoxy) is 1. The van der Waals surface area contributed by atoms with Gasteiger partial charge in [-0.05, 0) is 25.2 Å². The van der Waals surface area contributed by atoms with Crippen LogP contribution in [-0.4, -0.2) is 37.7 Å². The molecular formula is C19H21N3O3. The highest BCUT2D eigenvalue weighted by Crippen LogP contribution is 2.27. The minimum Gasteiger partial charge on any atom is -0.459 e. The fourth-order valence-electron chi connectivity index (χ4n) is 2.55. The normalized spacial score (nSPS) is 12.2. The average molecular weight is 339 g/mol. The average Bonchev–Trinajstić information content (AvgIpc) is 3.08. The van der Waals surface area contributed by atoms with E-state index in [-0.39, 0.29) is 12.5 Å². The van der Waals surface area contributed by atoms with E-state index in [0.717, 1.165) is 16.5 Å². The molecule has 0 saturated heterocycles. The summed E-state index contributed by atoms with van der Waals surface area (Å²) >= 11 is 0. The van der Waals surface area contributed by atoms with E-state index in [0.29, 0.717) is 18.9 Å². The first kappa shape index (κ1) is 17.1. The molecule has 3 rings (SSSR count). The van der Waals surface area contributed by atoms with Gasteiger partial charge in [-0.1, -0.05) is 24.3 Å². The highest BCUT2D eigenvalue weighted by Gasteiger charge is 2.21. The van der Waals surface area contributed by atoms with Gasteiger partial charge in [-0.3, -0.25) is 9.78 Å². The van der Waals surface area contributed by atoms with Crippen LogP contribution in [0.15, 0.2) is 59.3 Å². The molecule has 1 unspecified atom stereocenters. The zero-order chi connectivity index (χ0) is 17.5. The van der Waals surface area contributed by atoms with E-state index in [1.165, 1.54) is 0 Å². The lowest BCUT2D eigenvalue weighted by Gasteiger charge is -2.17. The number of likely N-dealkylation sites (N-methyl/N-ethyl adjacent to an activating group) is 1. The van der Waals surface area contributed by atoms with Gasteiger partial charge in [0.2, 0.25) is 5.91 Å². The summed E-state index contributed by atoms with van der Waals surface area (Å²) in [6.07, 6.45) is 3.42. The Bertz CT molecular complexity index is 784. The van der Waals surface area contributed by atoms with Crippen molar-refractivity contribution < 1.29 is 13.9 Å². The number of rotatable bonds is 8. The van der Waals surface area contributed by atoms with Crippen molar-refractivity contribution >= 4 is 16.9 Å². The van der Waals surface area contributed by atoms with Gasteiger partial charge in [0.15, 0.2) is 0 Å². The number of nitrogens with one attached hydrogen (secondary N) is 2. The van der Waals surface area contributed by atoms with Crippen LogP contribution < -0.4 is 10.6 Å². The smallest absolute Gasteiger partial charge is 0.246 e.